The van der Waals surface area contributed by atoms with Gasteiger partial charge in [0.25, 0.3) is 0 Å². The third-order valence-electron chi connectivity index (χ3n) is 2.16. The van der Waals surface area contributed by atoms with E-state index in [4.69, 9.17) is 11.6 Å². The molecule has 0 aromatic heterocycles. The first-order valence-electron chi connectivity index (χ1n) is 4.60. The van der Waals surface area contributed by atoms with Crippen molar-refractivity contribution in [3.8, 4) is 0 Å². The van der Waals surface area contributed by atoms with Crippen LogP contribution in [0.5, 0.6) is 0 Å². The normalized spacial score (nSPS) is 11.0. The van der Waals surface area contributed by atoms with Gasteiger partial charge in [0.2, 0.25) is 0 Å². The maximum atomic E-state index is 13.2. The molecule has 3 heteroatoms. The van der Waals surface area contributed by atoms with Crippen molar-refractivity contribution in [2.45, 2.75) is 13.3 Å². The molecule has 1 rings (SSSR count). The average Bonchev–Trinajstić information content (AvgIpc) is 2.09. The van der Waals surface area contributed by atoms with Gasteiger partial charge in [0.1, 0.15) is 5.82 Å². The number of benzene rings is 1. The maximum Gasteiger partial charge on any atom is 0.126 e. The standard InChI is InChI=1S/C11H15ClFN/c1-8-6-10(12)9(7-11(8)13)4-5-14(2)3/h6-7H,4-5H2,1-3H3. The highest BCUT2D eigenvalue weighted by atomic mass is 35.5. The molecule has 1 nitrogen and oxygen atoms in total. The molecule has 0 aliphatic rings. The highest BCUT2D eigenvalue weighted by Gasteiger charge is 2.05. The summed E-state index contributed by atoms with van der Waals surface area (Å²) in [6.45, 7) is 2.60. The number of hydrogen-bond acceptors (Lipinski definition) is 1. The molecule has 0 radical (unpaired) electrons. The van der Waals surface area contributed by atoms with Gasteiger partial charge in [-0.15, -0.1) is 0 Å². The van der Waals surface area contributed by atoms with E-state index in [-0.39, 0.29) is 5.82 Å². The van der Waals surface area contributed by atoms with E-state index in [0.717, 1.165) is 18.5 Å². The van der Waals surface area contributed by atoms with Crippen molar-refractivity contribution in [2.24, 2.45) is 0 Å². The number of likely N-dealkylation sites (N-methyl/N-ethyl adjacent to an activating group) is 1. The van der Waals surface area contributed by atoms with Gasteiger partial charge < -0.3 is 4.90 Å². The molecule has 78 valence electrons. The predicted octanol–water partition coefficient (Wildman–Crippen LogP) is 2.89. The summed E-state index contributed by atoms with van der Waals surface area (Å²) in [6, 6.07) is 3.21. The summed E-state index contributed by atoms with van der Waals surface area (Å²) in [6.07, 6.45) is 0.781. The van der Waals surface area contributed by atoms with E-state index in [2.05, 4.69) is 0 Å². The number of nitrogens with zero attached hydrogens (tertiary/aromatic N) is 1. The van der Waals surface area contributed by atoms with E-state index in [1.807, 2.05) is 19.0 Å². The zero-order valence-electron chi connectivity index (χ0n) is 8.77. The topological polar surface area (TPSA) is 3.24 Å². The lowest BCUT2D eigenvalue weighted by atomic mass is 10.1. The summed E-state index contributed by atoms with van der Waals surface area (Å²) in [4.78, 5) is 2.05. The van der Waals surface area contributed by atoms with Crippen LogP contribution in [0.1, 0.15) is 11.1 Å². The molecule has 0 unspecified atom stereocenters. The van der Waals surface area contributed by atoms with Crippen LogP contribution >= 0.6 is 11.6 Å². The van der Waals surface area contributed by atoms with E-state index < -0.39 is 0 Å². The van der Waals surface area contributed by atoms with Crippen molar-refractivity contribution < 1.29 is 4.39 Å². The third kappa shape index (κ3) is 2.96. The molecule has 0 amide bonds. The molecule has 0 N–H and O–H groups in total. The average molecular weight is 216 g/mol. The molecule has 0 atom stereocenters. The first-order valence-corrected chi connectivity index (χ1v) is 4.97. The van der Waals surface area contributed by atoms with Crippen molar-refractivity contribution >= 4 is 11.6 Å². The molecule has 0 bridgehead atoms. The lowest BCUT2D eigenvalue weighted by Crippen LogP contribution is -2.15. The molecule has 14 heavy (non-hydrogen) atoms. The summed E-state index contributed by atoms with van der Waals surface area (Å²) in [5.74, 6) is -0.178. The van der Waals surface area contributed by atoms with Crippen molar-refractivity contribution in [1.29, 1.82) is 0 Å². The first-order chi connectivity index (χ1) is 6.50. The monoisotopic (exact) mass is 215 g/mol. The largest absolute Gasteiger partial charge is 0.309 e. The summed E-state index contributed by atoms with van der Waals surface area (Å²) in [5.41, 5.74) is 1.48. The van der Waals surface area contributed by atoms with Crippen LogP contribution in [-0.4, -0.2) is 25.5 Å². The quantitative estimate of drug-likeness (QED) is 0.750. The van der Waals surface area contributed by atoms with Gasteiger partial charge in [0, 0.05) is 11.6 Å². The highest BCUT2D eigenvalue weighted by Crippen LogP contribution is 2.20. The minimum Gasteiger partial charge on any atom is -0.309 e. The smallest absolute Gasteiger partial charge is 0.126 e. The van der Waals surface area contributed by atoms with Gasteiger partial charge in [-0.05, 0) is 50.7 Å². The number of rotatable bonds is 3. The van der Waals surface area contributed by atoms with Gasteiger partial charge >= 0.3 is 0 Å². The molecular formula is C11H15ClFN. The zero-order valence-corrected chi connectivity index (χ0v) is 9.53. The molecule has 0 aliphatic carbocycles. The summed E-state index contributed by atoms with van der Waals surface area (Å²) in [7, 11) is 3.97. The summed E-state index contributed by atoms with van der Waals surface area (Å²) >= 11 is 6.00. The molecule has 1 aromatic carbocycles. The third-order valence-corrected chi connectivity index (χ3v) is 2.51. The van der Waals surface area contributed by atoms with E-state index >= 15 is 0 Å². The fourth-order valence-corrected chi connectivity index (χ4v) is 1.54. The Bertz CT molecular complexity index is 323. The number of hydrogen-bond donors (Lipinski definition) is 0. The highest BCUT2D eigenvalue weighted by molar-refractivity contribution is 6.31. The van der Waals surface area contributed by atoms with Crippen LogP contribution in [0.3, 0.4) is 0 Å². The van der Waals surface area contributed by atoms with Gasteiger partial charge in [0.15, 0.2) is 0 Å². The van der Waals surface area contributed by atoms with E-state index in [1.54, 1.807) is 13.0 Å². The predicted molar refractivity (Wildman–Crippen MR) is 58.4 cm³/mol. The summed E-state index contributed by atoms with van der Waals surface area (Å²) < 4.78 is 13.2. The minimum atomic E-state index is -0.178. The fourth-order valence-electron chi connectivity index (χ4n) is 1.22. The van der Waals surface area contributed by atoms with Crippen LogP contribution in [0.25, 0.3) is 0 Å². The maximum absolute atomic E-state index is 13.2. The molecule has 0 saturated heterocycles. The lowest BCUT2D eigenvalue weighted by molar-refractivity contribution is 0.413. The first kappa shape index (κ1) is 11.5. The van der Waals surface area contributed by atoms with Crippen molar-refractivity contribution in [1.82, 2.24) is 4.90 Å². The Morgan fingerprint density at radius 2 is 2.00 bits per heavy atom. The van der Waals surface area contributed by atoms with E-state index in [1.165, 1.54) is 6.07 Å². The minimum absolute atomic E-state index is 0.178. The SMILES string of the molecule is Cc1cc(Cl)c(CCN(C)C)cc1F. The molecule has 0 fully saturated rings. The molecule has 0 aliphatic heterocycles. The van der Waals surface area contributed by atoms with Crippen LogP contribution in [-0.2, 0) is 6.42 Å². The molecule has 0 spiro atoms. The second-order valence-electron chi connectivity index (χ2n) is 3.75. The summed E-state index contributed by atoms with van der Waals surface area (Å²) in [5, 5.41) is 0.658. The lowest BCUT2D eigenvalue weighted by Gasteiger charge is -2.11. The number of halogens is 2. The van der Waals surface area contributed by atoms with Crippen LogP contribution in [0.4, 0.5) is 4.39 Å². The van der Waals surface area contributed by atoms with Gasteiger partial charge in [0.05, 0.1) is 0 Å². The van der Waals surface area contributed by atoms with Crippen LogP contribution in [0, 0.1) is 12.7 Å². The van der Waals surface area contributed by atoms with E-state index in [9.17, 15) is 4.39 Å². The van der Waals surface area contributed by atoms with Crippen LogP contribution in [0.2, 0.25) is 5.02 Å². The van der Waals surface area contributed by atoms with Gasteiger partial charge in [-0.3, -0.25) is 0 Å². The van der Waals surface area contributed by atoms with Crippen molar-refractivity contribution in [2.75, 3.05) is 20.6 Å². The Kier molecular flexibility index (Phi) is 3.90. The Labute approximate surface area is 89.5 Å². The van der Waals surface area contributed by atoms with Gasteiger partial charge in [-0.2, -0.15) is 0 Å². The van der Waals surface area contributed by atoms with Crippen molar-refractivity contribution in [3.63, 3.8) is 0 Å². The molecule has 1 aromatic rings. The molecular weight excluding hydrogens is 201 g/mol. The van der Waals surface area contributed by atoms with Gasteiger partial charge in [-0.25, -0.2) is 4.39 Å². The second-order valence-corrected chi connectivity index (χ2v) is 4.15. The molecule has 0 heterocycles. The Morgan fingerprint density at radius 3 is 2.57 bits per heavy atom. The zero-order chi connectivity index (χ0) is 10.7. The Morgan fingerprint density at radius 1 is 1.36 bits per heavy atom. The van der Waals surface area contributed by atoms with Gasteiger partial charge in [-0.1, -0.05) is 11.6 Å². The molecule has 0 saturated carbocycles. The fraction of sp³-hybridized carbons (Fsp3) is 0.455. The van der Waals surface area contributed by atoms with Crippen LogP contribution < -0.4 is 0 Å². The van der Waals surface area contributed by atoms with E-state index in [0.29, 0.717) is 10.6 Å². The Balaban J connectivity index is 2.82. The van der Waals surface area contributed by atoms with Crippen LogP contribution in [0.15, 0.2) is 12.1 Å². The Hall–Kier alpha value is -0.600. The van der Waals surface area contributed by atoms with Crippen molar-refractivity contribution in [3.05, 3.63) is 34.1 Å². The second kappa shape index (κ2) is 4.76. The number of aryl methyl sites for hydroxylation is 1.